The first kappa shape index (κ1) is 19.6. The van der Waals surface area contributed by atoms with E-state index < -0.39 is 15.9 Å². The standard InChI is InChI=1S/C18H15ClN2O6S/c1-26-12-4-2-11(3-5-12)21-28(24,25)13-6-7-15(22)14(10-13)20-18(23)16-8-9-17(19)27-16/h2-10,21-22H,1H3,(H,20,23). The number of ether oxygens (including phenoxy) is 1. The summed E-state index contributed by atoms with van der Waals surface area (Å²) >= 11 is 5.63. The average Bonchev–Trinajstić information content (AvgIpc) is 3.10. The van der Waals surface area contributed by atoms with E-state index in [0.29, 0.717) is 11.4 Å². The fraction of sp³-hybridized carbons (Fsp3) is 0.0556. The zero-order valence-corrected chi connectivity index (χ0v) is 16.0. The molecule has 0 saturated heterocycles. The van der Waals surface area contributed by atoms with Gasteiger partial charge in [-0.25, -0.2) is 8.42 Å². The largest absolute Gasteiger partial charge is 0.506 e. The molecule has 0 bridgehead atoms. The first-order valence-electron chi connectivity index (χ1n) is 7.85. The van der Waals surface area contributed by atoms with Crippen LogP contribution in [0.2, 0.25) is 5.22 Å². The van der Waals surface area contributed by atoms with Crippen molar-refractivity contribution in [2.75, 3.05) is 17.1 Å². The van der Waals surface area contributed by atoms with Crippen LogP contribution >= 0.6 is 11.6 Å². The van der Waals surface area contributed by atoms with Crippen LogP contribution < -0.4 is 14.8 Å². The van der Waals surface area contributed by atoms with Gasteiger partial charge in [0.1, 0.15) is 11.5 Å². The van der Waals surface area contributed by atoms with Crippen molar-refractivity contribution in [1.29, 1.82) is 0 Å². The molecule has 146 valence electrons. The molecule has 0 aliphatic rings. The van der Waals surface area contributed by atoms with Gasteiger partial charge in [-0.3, -0.25) is 9.52 Å². The number of furan rings is 1. The number of methoxy groups -OCH3 is 1. The molecule has 0 unspecified atom stereocenters. The Bertz CT molecular complexity index is 1110. The van der Waals surface area contributed by atoms with E-state index in [1.807, 2.05) is 0 Å². The van der Waals surface area contributed by atoms with Gasteiger partial charge in [0, 0.05) is 5.69 Å². The molecule has 0 atom stereocenters. The van der Waals surface area contributed by atoms with Crippen molar-refractivity contribution in [3.8, 4) is 11.5 Å². The summed E-state index contributed by atoms with van der Waals surface area (Å²) in [6.07, 6.45) is 0. The van der Waals surface area contributed by atoms with E-state index >= 15 is 0 Å². The van der Waals surface area contributed by atoms with Crippen molar-refractivity contribution in [2.45, 2.75) is 4.90 Å². The van der Waals surface area contributed by atoms with E-state index in [2.05, 4.69) is 10.0 Å². The molecule has 3 N–H and O–H groups in total. The molecule has 1 heterocycles. The Labute approximate surface area is 165 Å². The number of halogens is 1. The van der Waals surface area contributed by atoms with Gasteiger partial charge in [0.15, 0.2) is 11.0 Å². The molecule has 10 heteroatoms. The highest BCUT2D eigenvalue weighted by atomic mass is 35.5. The number of carbonyl (C=O) groups excluding carboxylic acids is 1. The van der Waals surface area contributed by atoms with Crippen LogP contribution in [0.1, 0.15) is 10.6 Å². The number of phenols is 1. The van der Waals surface area contributed by atoms with E-state index in [1.54, 1.807) is 24.3 Å². The maximum atomic E-state index is 12.6. The van der Waals surface area contributed by atoms with Gasteiger partial charge in [-0.05, 0) is 66.2 Å². The Balaban J connectivity index is 1.83. The van der Waals surface area contributed by atoms with Gasteiger partial charge in [0.05, 0.1) is 17.7 Å². The summed E-state index contributed by atoms with van der Waals surface area (Å²) in [4.78, 5) is 12.0. The summed E-state index contributed by atoms with van der Waals surface area (Å²) in [5.74, 6) is -0.515. The maximum Gasteiger partial charge on any atom is 0.291 e. The Morgan fingerprint density at radius 2 is 1.82 bits per heavy atom. The topological polar surface area (TPSA) is 118 Å². The molecule has 1 amide bonds. The fourth-order valence-electron chi connectivity index (χ4n) is 2.28. The molecule has 0 aliphatic heterocycles. The number of nitrogens with one attached hydrogen (secondary N) is 2. The fourth-order valence-corrected chi connectivity index (χ4v) is 3.51. The quantitative estimate of drug-likeness (QED) is 0.521. The second-order valence-electron chi connectivity index (χ2n) is 5.57. The molecular weight excluding hydrogens is 408 g/mol. The van der Waals surface area contributed by atoms with Crippen molar-refractivity contribution in [1.82, 2.24) is 0 Å². The summed E-state index contributed by atoms with van der Waals surface area (Å²) in [6.45, 7) is 0. The zero-order valence-electron chi connectivity index (χ0n) is 14.5. The Kier molecular flexibility index (Phi) is 5.48. The summed E-state index contributed by atoms with van der Waals surface area (Å²) in [5, 5.41) is 12.4. The van der Waals surface area contributed by atoms with Crippen molar-refractivity contribution in [3.05, 3.63) is 65.6 Å². The number of rotatable bonds is 6. The molecule has 8 nitrogen and oxygen atoms in total. The zero-order chi connectivity index (χ0) is 20.3. The molecular formula is C18H15ClN2O6S. The molecule has 0 aliphatic carbocycles. The number of benzene rings is 2. The second-order valence-corrected chi connectivity index (χ2v) is 7.63. The summed E-state index contributed by atoms with van der Waals surface area (Å²) in [7, 11) is -2.46. The molecule has 3 aromatic rings. The lowest BCUT2D eigenvalue weighted by Gasteiger charge is -2.11. The molecule has 0 fully saturated rings. The molecule has 0 spiro atoms. The van der Waals surface area contributed by atoms with Gasteiger partial charge in [0.2, 0.25) is 0 Å². The van der Waals surface area contributed by atoms with Crippen LogP contribution in [0.5, 0.6) is 11.5 Å². The summed E-state index contributed by atoms with van der Waals surface area (Å²) in [6, 6.07) is 12.5. The van der Waals surface area contributed by atoms with Crippen molar-refractivity contribution in [2.24, 2.45) is 0 Å². The lowest BCUT2D eigenvalue weighted by atomic mass is 10.3. The number of hydrogen-bond donors (Lipinski definition) is 3. The third-order valence-electron chi connectivity index (χ3n) is 3.67. The molecule has 3 rings (SSSR count). The average molecular weight is 423 g/mol. The highest BCUT2D eigenvalue weighted by Crippen LogP contribution is 2.28. The van der Waals surface area contributed by atoms with Gasteiger partial charge in [0.25, 0.3) is 15.9 Å². The van der Waals surface area contributed by atoms with Crippen molar-refractivity contribution < 1.29 is 27.5 Å². The van der Waals surface area contributed by atoms with Crippen LogP contribution in [0.4, 0.5) is 11.4 Å². The highest BCUT2D eigenvalue weighted by molar-refractivity contribution is 7.92. The van der Waals surface area contributed by atoms with Gasteiger partial charge in [-0.1, -0.05) is 0 Å². The minimum atomic E-state index is -3.97. The number of phenolic OH excluding ortho intramolecular Hbond substituents is 1. The summed E-state index contributed by atoms with van der Waals surface area (Å²) < 4.78 is 37.6. The number of hydrogen-bond acceptors (Lipinski definition) is 6. The van der Waals surface area contributed by atoms with Gasteiger partial charge < -0.3 is 19.6 Å². The van der Waals surface area contributed by atoms with E-state index in [-0.39, 0.29) is 27.3 Å². The van der Waals surface area contributed by atoms with Gasteiger partial charge >= 0.3 is 0 Å². The van der Waals surface area contributed by atoms with Gasteiger partial charge in [-0.2, -0.15) is 0 Å². The van der Waals surface area contributed by atoms with Crippen LogP contribution in [-0.2, 0) is 10.0 Å². The first-order valence-corrected chi connectivity index (χ1v) is 9.71. The normalized spacial score (nSPS) is 11.1. The van der Waals surface area contributed by atoms with Crippen LogP contribution in [0, 0.1) is 0 Å². The maximum absolute atomic E-state index is 12.6. The lowest BCUT2D eigenvalue weighted by molar-refractivity contribution is 0.0996. The Morgan fingerprint density at radius 3 is 2.43 bits per heavy atom. The highest BCUT2D eigenvalue weighted by Gasteiger charge is 2.19. The molecule has 28 heavy (non-hydrogen) atoms. The van der Waals surface area contributed by atoms with E-state index in [4.69, 9.17) is 20.8 Å². The smallest absolute Gasteiger partial charge is 0.291 e. The lowest BCUT2D eigenvalue weighted by Crippen LogP contribution is -2.15. The van der Waals surface area contributed by atoms with E-state index in [0.717, 1.165) is 12.1 Å². The monoisotopic (exact) mass is 422 g/mol. The minimum absolute atomic E-state index is 0.0226. The predicted octanol–water partition coefficient (Wildman–Crippen LogP) is 3.70. The second kappa shape index (κ2) is 7.83. The molecule has 0 saturated carbocycles. The molecule has 1 aromatic heterocycles. The summed E-state index contributed by atoms with van der Waals surface area (Å²) in [5.41, 5.74) is 0.222. The number of aromatic hydroxyl groups is 1. The van der Waals surface area contributed by atoms with Crippen LogP contribution in [0.25, 0.3) is 0 Å². The number of anilines is 2. The number of amides is 1. The first-order chi connectivity index (χ1) is 13.3. The molecule has 0 radical (unpaired) electrons. The van der Waals surface area contributed by atoms with E-state index in [9.17, 15) is 18.3 Å². The van der Waals surface area contributed by atoms with Crippen molar-refractivity contribution >= 4 is 38.9 Å². The van der Waals surface area contributed by atoms with Crippen LogP contribution in [0.3, 0.4) is 0 Å². The van der Waals surface area contributed by atoms with E-state index in [1.165, 1.54) is 25.3 Å². The Hall–Kier alpha value is -3.17. The van der Waals surface area contributed by atoms with Gasteiger partial charge in [-0.15, -0.1) is 0 Å². The predicted molar refractivity (Wildman–Crippen MR) is 104 cm³/mol. The number of carbonyl (C=O) groups is 1. The third kappa shape index (κ3) is 4.38. The third-order valence-corrected chi connectivity index (χ3v) is 5.25. The van der Waals surface area contributed by atoms with Crippen LogP contribution in [0.15, 0.2) is 63.9 Å². The SMILES string of the molecule is COc1ccc(NS(=O)(=O)c2ccc(O)c(NC(=O)c3ccc(Cl)o3)c2)cc1. The number of sulfonamides is 1. The van der Waals surface area contributed by atoms with Crippen LogP contribution in [-0.4, -0.2) is 26.5 Å². The van der Waals surface area contributed by atoms with Crippen molar-refractivity contribution in [3.63, 3.8) is 0 Å². The minimum Gasteiger partial charge on any atom is -0.506 e. The Morgan fingerprint density at radius 1 is 1.11 bits per heavy atom. The molecule has 2 aromatic carbocycles.